The SMILES string of the molecule is CCC(C)Oc1nccnc1NCc1ccc2c(c1)CCS2(=O)=O. The number of aryl methyl sites for hydroxylation is 1. The van der Waals surface area contributed by atoms with Gasteiger partial charge in [0.1, 0.15) is 0 Å². The Kier molecular flexibility index (Phi) is 4.71. The fourth-order valence-electron chi connectivity index (χ4n) is 2.59. The number of benzene rings is 1. The Bertz CT molecular complexity index is 837. The Labute approximate surface area is 142 Å². The molecule has 24 heavy (non-hydrogen) atoms. The first-order valence-electron chi connectivity index (χ1n) is 8.05. The fourth-order valence-corrected chi connectivity index (χ4v) is 4.13. The summed E-state index contributed by atoms with van der Waals surface area (Å²) in [5, 5.41) is 3.22. The Balaban J connectivity index is 1.73. The van der Waals surface area contributed by atoms with E-state index < -0.39 is 9.84 Å². The van der Waals surface area contributed by atoms with E-state index >= 15 is 0 Å². The summed E-state index contributed by atoms with van der Waals surface area (Å²) in [7, 11) is -3.08. The minimum atomic E-state index is -3.08. The van der Waals surface area contributed by atoms with Crippen molar-refractivity contribution in [3.63, 3.8) is 0 Å². The standard InChI is InChI=1S/C17H21N3O3S/c1-3-12(2)23-17-16(18-7-8-19-17)20-11-13-4-5-15-14(10-13)6-9-24(15,21)22/h4-5,7-8,10,12H,3,6,9,11H2,1-2H3,(H,18,20). The van der Waals surface area contributed by atoms with E-state index in [4.69, 9.17) is 4.74 Å². The molecule has 1 N–H and O–H groups in total. The molecule has 128 valence electrons. The minimum absolute atomic E-state index is 0.0625. The highest BCUT2D eigenvalue weighted by Crippen LogP contribution is 2.27. The molecule has 0 spiro atoms. The van der Waals surface area contributed by atoms with Crippen molar-refractivity contribution in [1.82, 2.24) is 9.97 Å². The molecule has 1 unspecified atom stereocenters. The first kappa shape index (κ1) is 16.7. The molecule has 2 heterocycles. The highest BCUT2D eigenvalue weighted by molar-refractivity contribution is 7.91. The number of fused-ring (bicyclic) bond motifs is 1. The van der Waals surface area contributed by atoms with Crippen LogP contribution in [0.4, 0.5) is 5.82 Å². The van der Waals surface area contributed by atoms with E-state index in [0.29, 0.717) is 29.6 Å². The zero-order chi connectivity index (χ0) is 17.2. The molecule has 0 amide bonds. The van der Waals surface area contributed by atoms with Crippen LogP contribution in [0, 0.1) is 0 Å². The van der Waals surface area contributed by atoms with E-state index in [-0.39, 0.29) is 11.9 Å². The quantitative estimate of drug-likeness (QED) is 0.865. The average molecular weight is 347 g/mol. The Hall–Kier alpha value is -2.15. The van der Waals surface area contributed by atoms with Gasteiger partial charge in [-0.05, 0) is 37.0 Å². The maximum Gasteiger partial charge on any atom is 0.257 e. The smallest absolute Gasteiger partial charge is 0.257 e. The second-order valence-corrected chi connectivity index (χ2v) is 7.99. The molecular weight excluding hydrogens is 326 g/mol. The van der Waals surface area contributed by atoms with Gasteiger partial charge in [-0.1, -0.05) is 19.1 Å². The predicted octanol–water partition coefficient (Wildman–Crippen LogP) is 2.60. The summed E-state index contributed by atoms with van der Waals surface area (Å²) in [5.74, 6) is 1.28. The van der Waals surface area contributed by atoms with Crippen LogP contribution in [0.15, 0.2) is 35.5 Å². The maximum atomic E-state index is 11.9. The molecule has 0 bridgehead atoms. The number of rotatable bonds is 6. The predicted molar refractivity (Wildman–Crippen MR) is 91.9 cm³/mol. The van der Waals surface area contributed by atoms with Gasteiger partial charge in [0.15, 0.2) is 15.7 Å². The normalized spacial score (nSPS) is 16.4. The average Bonchev–Trinajstić information content (AvgIpc) is 2.88. The van der Waals surface area contributed by atoms with Crippen LogP contribution in [0.5, 0.6) is 5.88 Å². The highest BCUT2D eigenvalue weighted by Gasteiger charge is 2.25. The van der Waals surface area contributed by atoms with Crippen LogP contribution in [-0.4, -0.2) is 30.2 Å². The first-order chi connectivity index (χ1) is 11.5. The monoisotopic (exact) mass is 347 g/mol. The van der Waals surface area contributed by atoms with Crippen LogP contribution >= 0.6 is 0 Å². The third-order valence-corrected chi connectivity index (χ3v) is 5.92. The number of anilines is 1. The van der Waals surface area contributed by atoms with Gasteiger partial charge >= 0.3 is 0 Å². The number of nitrogens with one attached hydrogen (secondary N) is 1. The fraction of sp³-hybridized carbons (Fsp3) is 0.412. The number of hydrogen-bond acceptors (Lipinski definition) is 6. The molecule has 6 nitrogen and oxygen atoms in total. The third-order valence-electron chi connectivity index (χ3n) is 4.11. The third kappa shape index (κ3) is 3.51. The number of sulfone groups is 1. The number of nitrogens with zero attached hydrogens (tertiary/aromatic N) is 2. The summed E-state index contributed by atoms with van der Waals surface area (Å²) in [6.07, 6.45) is 4.74. The van der Waals surface area contributed by atoms with E-state index in [0.717, 1.165) is 17.5 Å². The molecule has 1 aliphatic rings. The summed E-state index contributed by atoms with van der Waals surface area (Å²) in [6, 6.07) is 5.47. The lowest BCUT2D eigenvalue weighted by Gasteiger charge is -2.15. The van der Waals surface area contributed by atoms with E-state index in [1.54, 1.807) is 18.5 Å². The van der Waals surface area contributed by atoms with Crippen LogP contribution in [0.25, 0.3) is 0 Å². The van der Waals surface area contributed by atoms with Crippen molar-refractivity contribution in [3.05, 3.63) is 41.7 Å². The first-order valence-corrected chi connectivity index (χ1v) is 9.71. The zero-order valence-electron chi connectivity index (χ0n) is 13.8. The van der Waals surface area contributed by atoms with E-state index in [2.05, 4.69) is 15.3 Å². The van der Waals surface area contributed by atoms with Gasteiger partial charge in [-0.2, -0.15) is 0 Å². The Morgan fingerprint density at radius 2 is 2.08 bits per heavy atom. The van der Waals surface area contributed by atoms with Gasteiger partial charge in [0.05, 0.1) is 16.8 Å². The number of hydrogen-bond donors (Lipinski definition) is 1. The van der Waals surface area contributed by atoms with Gasteiger partial charge in [-0.15, -0.1) is 0 Å². The van der Waals surface area contributed by atoms with Crippen LogP contribution in [0.3, 0.4) is 0 Å². The van der Waals surface area contributed by atoms with Crippen LogP contribution in [0.1, 0.15) is 31.4 Å². The van der Waals surface area contributed by atoms with Gasteiger partial charge in [-0.3, -0.25) is 0 Å². The molecule has 1 aliphatic heterocycles. The summed E-state index contributed by atoms with van der Waals surface area (Å²) in [4.78, 5) is 8.98. The summed E-state index contributed by atoms with van der Waals surface area (Å²) < 4.78 is 29.5. The van der Waals surface area contributed by atoms with Crippen molar-refractivity contribution in [3.8, 4) is 5.88 Å². The lowest BCUT2D eigenvalue weighted by atomic mass is 10.1. The van der Waals surface area contributed by atoms with Crippen molar-refractivity contribution in [1.29, 1.82) is 0 Å². The molecule has 0 fully saturated rings. The van der Waals surface area contributed by atoms with Crippen molar-refractivity contribution >= 4 is 15.7 Å². The van der Waals surface area contributed by atoms with Gasteiger partial charge < -0.3 is 10.1 Å². The van der Waals surface area contributed by atoms with Crippen LogP contribution in [-0.2, 0) is 22.8 Å². The van der Waals surface area contributed by atoms with Gasteiger partial charge in [0, 0.05) is 18.9 Å². The Morgan fingerprint density at radius 1 is 1.29 bits per heavy atom. The van der Waals surface area contributed by atoms with Gasteiger partial charge in [0.25, 0.3) is 5.88 Å². The lowest BCUT2D eigenvalue weighted by molar-refractivity contribution is 0.209. The highest BCUT2D eigenvalue weighted by atomic mass is 32.2. The number of aromatic nitrogens is 2. The molecule has 1 aromatic carbocycles. The molecule has 0 aliphatic carbocycles. The summed E-state index contributed by atoms with van der Waals surface area (Å²) in [6.45, 7) is 4.56. The summed E-state index contributed by atoms with van der Waals surface area (Å²) >= 11 is 0. The van der Waals surface area contributed by atoms with E-state index in [1.165, 1.54) is 0 Å². The molecule has 2 aromatic rings. The molecule has 1 atom stereocenters. The van der Waals surface area contributed by atoms with Crippen molar-refractivity contribution in [2.24, 2.45) is 0 Å². The van der Waals surface area contributed by atoms with Crippen molar-refractivity contribution in [2.75, 3.05) is 11.1 Å². The lowest BCUT2D eigenvalue weighted by Crippen LogP contribution is -2.13. The molecule has 0 radical (unpaired) electrons. The molecule has 0 saturated carbocycles. The van der Waals surface area contributed by atoms with Crippen LogP contribution in [0.2, 0.25) is 0 Å². The molecule has 1 aromatic heterocycles. The van der Waals surface area contributed by atoms with E-state index in [9.17, 15) is 8.42 Å². The van der Waals surface area contributed by atoms with Crippen LogP contribution < -0.4 is 10.1 Å². The maximum absolute atomic E-state index is 11.9. The van der Waals surface area contributed by atoms with Gasteiger partial charge in [-0.25, -0.2) is 18.4 Å². The number of ether oxygens (including phenoxy) is 1. The second kappa shape index (κ2) is 6.76. The largest absolute Gasteiger partial charge is 0.472 e. The Morgan fingerprint density at radius 3 is 2.88 bits per heavy atom. The minimum Gasteiger partial charge on any atom is -0.472 e. The molecule has 0 saturated heterocycles. The second-order valence-electron chi connectivity index (χ2n) is 5.91. The topological polar surface area (TPSA) is 81.2 Å². The molecule has 7 heteroatoms. The summed E-state index contributed by atoms with van der Waals surface area (Å²) in [5.41, 5.74) is 1.90. The molecule has 3 rings (SSSR count). The van der Waals surface area contributed by atoms with Crippen molar-refractivity contribution in [2.45, 2.75) is 44.2 Å². The van der Waals surface area contributed by atoms with E-state index in [1.807, 2.05) is 26.0 Å². The van der Waals surface area contributed by atoms with Crippen molar-refractivity contribution < 1.29 is 13.2 Å². The van der Waals surface area contributed by atoms with Gasteiger partial charge in [0.2, 0.25) is 0 Å². The zero-order valence-corrected chi connectivity index (χ0v) is 14.6. The molecular formula is C17H21N3O3S.